The Bertz CT molecular complexity index is 491. The third kappa shape index (κ3) is 2.75. The van der Waals surface area contributed by atoms with Gasteiger partial charge in [0.25, 0.3) is 0 Å². The van der Waals surface area contributed by atoms with Crippen LogP contribution in [0.15, 0.2) is 42.6 Å². The molecule has 0 unspecified atom stereocenters. The lowest BCUT2D eigenvalue weighted by Gasteiger charge is -2.19. The van der Waals surface area contributed by atoms with Crippen molar-refractivity contribution in [1.29, 1.82) is 0 Å². The Labute approximate surface area is 102 Å². The van der Waals surface area contributed by atoms with Gasteiger partial charge in [-0.05, 0) is 31.2 Å². The van der Waals surface area contributed by atoms with Crippen molar-refractivity contribution in [2.45, 2.75) is 13.5 Å². The molecule has 3 nitrogen and oxygen atoms in total. The van der Waals surface area contributed by atoms with Crippen molar-refractivity contribution < 1.29 is 0 Å². The van der Waals surface area contributed by atoms with Crippen LogP contribution >= 0.6 is 0 Å². The van der Waals surface area contributed by atoms with E-state index in [1.54, 1.807) is 6.20 Å². The predicted molar refractivity (Wildman–Crippen MR) is 71.9 cm³/mol. The predicted octanol–water partition coefficient (Wildman–Crippen LogP) is 2.61. The molecule has 0 aliphatic carbocycles. The summed E-state index contributed by atoms with van der Waals surface area (Å²) in [5.41, 5.74) is 9.97. The first-order valence-corrected chi connectivity index (χ1v) is 5.64. The number of nitrogens with zero attached hydrogens (tertiary/aromatic N) is 2. The van der Waals surface area contributed by atoms with Crippen molar-refractivity contribution >= 4 is 11.4 Å². The molecule has 3 heteroatoms. The second-order valence-electron chi connectivity index (χ2n) is 4.23. The van der Waals surface area contributed by atoms with Crippen molar-refractivity contribution in [2.24, 2.45) is 0 Å². The molecule has 0 amide bonds. The van der Waals surface area contributed by atoms with Crippen molar-refractivity contribution in [2.75, 3.05) is 17.7 Å². The van der Waals surface area contributed by atoms with E-state index in [4.69, 9.17) is 5.73 Å². The van der Waals surface area contributed by atoms with Crippen molar-refractivity contribution in [1.82, 2.24) is 4.98 Å². The molecule has 2 aromatic rings. The Balaban J connectivity index is 2.14. The van der Waals surface area contributed by atoms with E-state index in [2.05, 4.69) is 41.1 Å². The zero-order chi connectivity index (χ0) is 12.3. The summed E-state index contributed by atoms with van der Waals surface area (Å²) in [6.07, 6.45) is 1.77. The Morgan fingerprint density at radius 3 is 2.53 bits per heavy atom. The van der Waals surface area contributed by atoms with Crippen LogP contribution in [0.5, 0.6) is 0 Å². The quantitative estimate of drug-likeness (QED) is 0.876. The molecule has 0 saturated heterocycles. The van der Waals surface area contributed by atoms with Gasteiger partial charge in [-0.25, -0.2) is 0 Å². The van der Waals surface area contributed by atoms with E-state index < -0.39 is 0 Å². The first-order chi connectivity index (χ1) is 8.16. The molecule has 17 heavy (non-hydrogen) atoms. The molecule has 2 N–H and O–H groups in total. The maximum Gasteiger partial charge on any atom is 0.0825 e. The highest BCUT2D eigenvalue weighted by atomic mass is 15.1. The summed E-state index contributed by atoms with van der Waals surface area (Å²) in [6.45, 7) is 2.80. The third-order valence-electron chi connectivity index (χ3n) is 2.79. The Morgan fingerprint density at radius 2 is 1.88 bits per heavy atom. The Morgan fingerprint density at radius 1 is 1.18 bits per heavy atom. The zero-order valence-electron chi connectivity index (χ0n) is 10.2. The van der Waals surface area contributed by atoms with E-state index in [0.717, 1.165) is 17.9 Å². The summed E-state index contributed by atoms with van der Waals surface area (Å²) >= 11 is 0. The van der Waals surface area contributed by atoms with Gasteiger partial charge in [0.05, 0.1) is 17.9 Å². The van der Waals surface area contributed by atoms with Crippen LogP contribution in [0.25, 0.3) is 0 Å². The van der Waals surface area contributed by atoms with Gasteiger partial charge in [-0.15, -0.1) is 0 Å². The van der Waals surface area contributed by atoms with E-state index in [1.165, 1.54) is 11.3 Å². The minimum absolute atomic E-state index is 0.718. The van der Waals surface area contributed by atoms with Crippen LogP contribution in [-0.2, 0) is 6.54 Å². The molecule has 0 spiro atoms. The molecule has 1 aromatic carbocycles. The Kier molecular flexibility index (Phi) is 3.28. The second-order valence-corrected chi connectivity index (χ2v) is 4.23. The number of benzene rings is 1. The molecule has 88 valence electrons. The van der Waals surface area contributed by atoms with Gasteiger partial charge >= 0.3 is 0 Å². The fraction of sp³-hybridized carbons (Fsp3) is 0.214. The highest BCUT2D eigenvalue weighted by Gasteiger charge is 2.05. The molecule has 0 bridgehead atoms. The maximum atomic E-state index is 5.88. The zero-order valence-corrected chi connectivity index (χ0v) is 10.2. The third-order valence-corrected chi connectivity index (χ3v) is 2.79. The van der Waals surface area contributed by atoms with Crippen LogP contribution in [0.3, 0.4) is 0 Å². The fourth-order valence-corrected chi connectivity index (χ4v) is 1.70. The fourth-order valence-electron chi connectivity index (χ4n) is 1.70. The summed E-state index contributed by atoms with van der Waals surface area (Å²) in [7, 11) is 2.04. The number of anilines is 2. The SMILES string of the molecule is Cc1ccc(N(C)Cc2ncccc2N)cc1. The van der Waals surface area contributed by atoms with Gasteiger partial charge < -0.3 is 10.6 Å². The highest BCUT2D eigenvalue weighted by molar-refractivity contribution is 5.50. The average molecular weight is 227 g/mol. The summed E-state index contributed by atoms with van der Waals surface area (Å²) in [6, 6.07) is 12.2. The molecule has 0 fully saturated rings. The number of nitrogen functional groups attached to an aromatic ring is 1. The number of hydrogen-bond donors (Lipinski definition) is 1. The molecule has 1 heterocycles. The summed E-state index contributed by atoms with van der Waals surface area (Å²) in [5, 5.41) is 0. The van der Waals surface area contributed by atoms with Gasteiger partial charge in [0, 0.05) is 18.9 Å². The topological polar surface area (TPSA) is 42.2 Å². The summed E-state index contributed by atoms with van der Waals surface area (Å²) < 4.78 is 0. The lowest BCUT2D eigenvalue weighted by atomic mass is 10.2. The average Bonchev–Trinajstić information content (AvgIpc) is 2.33. The summed E-state index contributed by atoms with van der Waals surface area (Å²) in [4.78, 5) is 6.43. The van der Waals surface area contributed by atoms with Crippen molar-refractivity contribution in [3.63, 3.8) is 0 Å². The second kappa shape index (κ2) is 4.87. The lowest BCUT2D eigenvalue weighted by molar-refractivity contribution is 0.888. The normalized spacial score (nSPS) is 10.2. The largest absolute Gasteiger partial charge is 0.397 e. The van der Waals surface area contributed by atoms with Crippen LogP contribution < -0.4 is 10.6 Å². The number of rotatable bonds is 3. The van der Waals surface area contributed by atoms with Gasteiger partial charge in [0.2, 0.25) is 0 Å². The van der Waals surface area contributed by atoms with Crippen LogP contribution in [0.1, 0.15) is 11.3 Å². The lowest BCUT2D eigenvalue weighted by Crippen LogP contribution is -2.18. The van der Waals surface area contributed by atoms with Gasteiger partial charge in [0.1, 0.15) is 0 Å². The first-order valence-electron chi connectivity index (χ1n) is 5.64. The minimum Gasteiger partial charge on any atom is -0.397 e. The number of nitrogens with two attached hydrogens (primary N) is 1. The van der Waals surface area contributed by atoms with E-state index in [1.807, 2.05) is 19.2 Å². The maximum absolute atomic E-state index is 5.88. The highest BCUT2D eigenvalue weighted by Crippen LogP contribution is 2.17. The number of aryl methyl sites for hydroxylation is 1. The van der Waals surface area contributed by atoms with Crippen molar-refractivity contribution in [3.05, 3.63) is 53.9 Å². The van der Waals surface area contributed by atoms with Crippen molar-refractivity contribution in [3.8, 4) is 0 Å². The van der Waals surface area contributed by atoms with Crippen LogP contribution in [0.4, 0.5) is 11.4 Å². The molecule has 0 atom stereocenters. The van der Waals surface area contributed by atoms with E-state index in [0.29, 0.717) is 0 Å². The van der Waals surface area contributed by atoms with E-state index in [-0.39, 0.29) is 0 Å². The number of aromatic nitrogens is 1. The molecule has 0 saturated carbocycles. The van der Waals surface area contributed by atoms with Gasteiger partial charge in [-0.1, -0.05) is 17.7 Å². The van der Waals surface area contributed by atoms with Crippen LogP contribution in [0.2, 0.25) is 0 Å². The number of pyridine rings is 1. The van der Waals surface area contributed by atoms with Crippen LogP contribution in [0, 0.1) is 6.92 Å². The van der Waals surface area contributed by atoms with E-state index >= 15 is 0 Å². The monoisotopic (exact) mass is 227 g/mol. The standard InChI is InChI=1S/C14H17N3/c1-11-5-7-12(8-6-11)17(2)10-14-13(15)4-3-9-16-14/h3-9H,10,15H2,1-2H3. The molecule has 0 radical (unpaired) electrons. The Hall–Kier alpha value is -2.03. The minimum atomic E-state index is 0.718. The van der Waals surface area contributed by atoms with Gasteiger partial charge in [-0.2, -0.15) is 0 Å². The van der Waals surface area contributed by atoms with Crippen LogP contribution in [-0.4, -0.2) is 12.0 Å². The molecule has 0 aliphatic rings. The van der Waals surface area contributed by atoms with Gasteiger partial charge in [0.15, 0.2) is 0 Å². The summed E-state index contributed by atoms with van der Waals surface area (Å²) in [5.74, 6) is 0. The van der Waals surface area contributed by atoms with E-state index in [9.17, 15) is 0 Å². The molecular weight excluding hydrogens is 210 g/mol. The molecule has 2 rings (SSSR count). The molecule has 1 aromatic heterocycles. The molecule has 0 aliphatic heterocycles. The van der Waals surface area contributed by atoms with Gasteiger partial charge in [-0.3, -0.25) is 4.98 Å². The molecular formula is C14H17N3. The number of hydrogen-bond acceptors (Lipinski definition) is 3. The first kappa shape index (κ1) is 11.5. The smallest absolute Gasteiger partial charge is 0.0825 e.